The van der Waals surface area contributed by atoms with Gasteiger partial charge in [0.2, 0.25) is 0 Å². The summed E-state index contributed by atoms with van der Waals surface area (Å²) < 4.78 is 2.01. The molecule has 2 aromatic heterocycles. The average Bonchev–Trinajstić information content (AvgIpc) is 3.06. The molecule has 0 aliphatic heterocycles. The van der Waals surface area contributed by atoms with Crippen LogP contribution in [0, 0.1) is 11.3 Å². The van der Waals surface area contributed by atoms with Crippen molar-refractivity contribution in [2.24, 2.45) is 10.7 Å². The van der Waals surface area contributed by atoms with Gasteiger partial charge >= 0.3 is 0 Å². The number of nitrogens with zero attached hydrogens (tertiary/aromatic N) is 4. The molecule has 1 aromatic carbocycles. The van der Waals surface area contributed by atoms with Crippen LogP contribution in [0.5, 0.6) is 0 Å². The number of nitriles is 1. The lowest BCUT2D eigenvalue weighted by Gasteiger charge is -2.05. The summed E-state index contributed by atoms with van der Waals surface area (Å²) in [5.41, 5.74) is 11.0. The highest BCUT2D eigenvalue weighted by molar-refractivity contribution is 6.09. The van der Waals surface area contributed by atoms with Crippen LogP contribution in [-0.4, -0.2) is 22.1 Å². The highest BCUT2D eigenvalue weighted by Gasteiger charge is 2.08. The van der Waals surface area contributed by atoms with Crippen molar-refractivity contribution in [2.45, 2.75) is 6.92 Å². The minimum Gasteiger partial charge on any atom is -0.404 e. The van der Waals surface area contributed by atoms with Crippen LogP contribution in [0.4, 0.5) is 0 Å². The topological polar surface area (TPSA) is 79.5 Å². The van der Waals surface area contributed by atoms with Gasteiger partial charge in [-0.3, -0.25) is 9.39 Å². The zero-order valence-corrected chi connectivity index (χ0v) is 13.3. The third kappa shape index (κ3) is 2.90. The number of aromatic nitrogens is 2. The number of rotatable bonds is 4. The van der Waals surface area contributed by atoms with Gasteiger partial charge in [-0.05, 0) is 36.8 Å². The molecule has 0 saturated heterocycles. The molecule has 118 valence electrons. The summed E-state index contributed by atoms with van der Waals surface area (Å²) in [5.74, 6) is 0. The number of fused-ring (bicyclic) bond motifs is 1. The van der Waals surface area contributed by atoms with Crippen LogP contribution < -0.4 is 5.73 Å². The standard InChI is InChI=1S/C19H17N5/c1-2-22-12-17(11-21)16-7-8-24-18(13-23-19(24)9-16)15-5-3-14(10-20)4-6-15/h3-9,11-13H,2,21H2,1H3/b17-11+,22-12?. The van der Waals surface area contributed by atoms with Crippen LogP contribution in [0.3, 0.4) is 0 Å². The van der Waals surface area contributed by atoms with Crippen LogP contribution in [0.1, 0.15) is 18.1 Å². The fraction of sp³-hybridized carbons (Fsp3) is 0.105. The number of hydrogen-bond acceptors (Lipinski definition) is 4. The molecule has 0 fully saturated rings. The molecule has 0 radical (unpaired) electrons. The van der Waals surface area contributed by atoms with E-state index in [0.29, 0.717) is 12.1 Å². The molecule has 0 unspecified atom stereocenters. The van der Waals surface area contributed by atoms with Crippen LogP contribution in [0.25, 0.3) is 22.5 Å². The summed E-state index contributed by atoms with van der Waals surface area (Å²) in [4.78, 5) is 8.72. The smallest absolute Gasteiger partial charge is 0.137 e. The number of allylic oxidation sites excluding steroid dienone is 1. The maximum atomic E-state index is 8.90. The first-order valence-electron chi connectivity index (χ1n) is 7.66. The van der Waals surface area contributed by atoms with E-state index in [4.69, 9.17) is 11.0 Å². The number of hydrogen-bond donors (Lipinski definition) is 1. The first-order chi connectivity index (χ1) is 11.8. The molecule has 24 heavy (non-hydrogen) atoms. The van der Waals surface area contributed by atoms with Crippen molar-refractivity contribution in [3.8, 4) is 17.3 Å². The summed E-state index contributed by atoms with van der Waals surface area (Å²) in [6.45, 7) is 2.69. The Labute approximate surface area is 140 Å². The van der Waals surface area contributed by atoms with Gasteiger partial charge in [-0.1, -0.05) is 12.1 Å². The lowest BCUT2D eigenvalue weighted by atomic mass is 10.1. The first-order valence-corrected chi connectivity index (χ1v) is 7.66. The molecule has 3 rings (SSSR count). The first kappa shape index (κ1) is 15.5. The van der Waals surface area contributed by atoms with E-state index in [-0.39, 0.29) is 0 Å². The van der Waals surface area contributed by atoms with Crippen LogP contribution >= 0.6 is 0 Å². The Morgan fingerprint density at radius 3 is 2.79 bits per heavy atom. The Balaban J connectivity index is 2.02. The zero-order valence-electron chi connectivity index (χ0n) is 13.3. The predicted molar refractivity (Wildman–Crippen MR) is 96.5 cm³/mol. The molecule has 5 heteroatoms. The fourth-order valence-corrected chi connectivity index (χ4v) is 2.49. The van der Waals surface area contributed by atoms with Gasteiger partial charge < -0.3 is 5.73 Å². The molecule has 2 heterocycles. The van der Waals surface area contributed by atoms with Crippen molar-refractivity contribution in [1.29, 1.82) is 5.26 Å². The minimum atomic E-state index is 0.641. The van der Waals surface area contributed by atoms with E-state index in [0.717, 1.165) is 28.0 Å². The van der Waals surface area contributed by atoms with E-state index in [1.54, 1.807) is 24.5 Å². The molecular weight excluding hydrogens is 298 g/mol. The third-order valence-electron chi connectivity index (χ3n) is 3.75. The summed E-state index contributed by atoms with van der Waals surface area (Å²) in [6.07, 6.45) is 7.12. The molecule has 5 nitrogen and oxygen atoms in total. The maximum absolute atomic E-state index is 8.90. The van der Waals surface area contributed by atoms with Gasteiger partial charge in [-0.15, -0.1) is 0 Å². The van der Waals surface area contributed by atoms with Gasteiger partial charge in [0.05, 0.1) is 23.5 Å². The number of benzene rings is 1. The van der Waals surface area contributed by atoms with Gasteiger partial charge in [0.25, 0.3) is 0 Å². The molecule has 0 aliphatic rings. The Hall–Kier alpha value is -3.39. The van der Waals surface area contributed by atoms with Crippen molar-refractivity contribution in [2.75, 3.05) is 6.54 Å². The fourth-order valence-electron chi connectivity index (χ4n) is 2.49. The molecule has 0 aliphatic carbocycles. The van der Waals surface area contributed by atoms with E-state index in [1.165, 1.54) is 0 Å². The molecule has 0 atom stereocenters. The molecule has 0 saturated carbocycles. The van der Waals surface area contributed by atoms with E-state index >= 15 is 0 Å². The number of imidazole rings is 1. The van der Waals surface area contributed by atoms with Gasteiger partial charge in [0, 0.05) is 36.3 Å². The second kappa shape index (κ2) is 6.80. The average molecular weight is 315 g/mol. The number of nitrogens with two attached hydrogens (primary N) is 1. The van der Waals surface area contributed by atoms with Crippen molar-refractivity contribution in [1.82, 2.24) is 9.38 Å². The van der Waals surface area contributed by atoms with Crippen molar-refractivity contribution in [3.05, 3.63) is 66.1 Å². The van der Waals surface area contributed by atoms with Crippen LogP contribution in [-0.2, 0) is 0 Å². The second-order valence-electron chi connectivity index (χ2n) is 5.23. The lowest BCUT2D eigenvalue weighted by molar-refractivity contribution is 1.14. The van der Waals surface area contributed by atoms with E-state index < -0.39 is 0 Å². The molecule has 2 N–H and O–H groups in total. The Morgan fingerprint density at radius 2 is 2.12 bits per heavy atom. The maximum Gasteiger partial charge on any atom is 0.137 e. The van der Waals surface area contributed by atoms with Gasteiger partial charge in [-0.25, -0.2) is 4.98 Å². The summed E-state index contributed by atoms with van der Waals surface area (Å²) in [6, 6.07) is 13.6. The SMILES string of the molecule is CCN=C/C(=C\N)c1ccn2c(-c3ccc(C#N)cc3)cnc2c1. The Bertz CT molecular complexity index is 956. The normalized spacial score (nSPS) is 11.9. The quantitative estimate of drug-likeness (QED) is 0.750. The number of pyridine rings is 1. The molecular formula is C19H17N5. The zero-order chi connectivity index (χ0) is 16.9. The minimum absolute atomic E-state index is 0.641. The second-order valence-corrected chi connectivity index (χ2v) is 5.23. The highest BCUT2D eigenvalue weighted by atomic mass is 15.0. The van der Waals surface area contributed by atoms with Crippen molar-refractivity contribution >= 4 is 17.4 Å². The highest BCUT2D eigenvalue weighted by Crippen LogP contribution is 2.23. The Morgan fingerprint density at radius 1 is 1.33 bits per heavy atom. The monoisotopic (exact) mass is 315 g/mol. The molecule has 3 aromatic rings. The van der Waals surface area contributed by atoms with E-state index in [2.05, 4.69) is 16.0 Å². The number of aliphatic imine (C=N–C) groups is 1. The largest absolute Gasteiger partial charge is 0.404 e. The lowest BCUT2D eigenvalue weighted by Crippen LogP contribution is -1.95. The molecule has 0 spiro atoms. The predicted octanol–water partition coefficient (Wildman–Crippen LogP) is 3.26. The van der Waals surface area contributed by atoms with E-state index in [9.17, 15) is 0 Å². The summed E-state index contributed by atoms with van der Waals surface area (Å²) in [5, 5.41) is 8.90. The molecule has 0 bridgehead atoms. The van der Waals surface area contributed by atoms with Crippen molar-refractivity contribution < 1.29 is 0 Å². The Kier molecular flexibility index (Phi) is 4.39. The van der Waals surface area contributed by atoms with Crippen LogP contribution in [0.15, 0.2) is 60.0 Å². The third-order valence-corrected chi connectivity index (χ3v) is 3.75. The van der Waals surface area contributed by atoms with E-state index in [1.807, 2.05) is 48.0 Å². The van der Waals surface area contributed by atoms with Crippen molar-refractivity contribution in [3.63, 3.8) is 0 Å². The van der Waals surface area contributed by atoms with Gasteiger partial charge in [-0.2, -0.15) is 5.26 Å². The van der Waals surface area contributed by atoms with Gasteiger partial charge in [0.1, 0.15) is 5.65 Å². The van der Waals surface area contributed by atoms with Crippen LogP contribution in [0.2, 0.25) is 0 Å². The van der Waals surface area contributed by atoms with Gasteiger partial charge in [0.15, 0.2) is 0 Å². The molecule has 0 amide bonds. The summed E-state index contributed by atoms with van der Waals surface area (Å²) >= 11 is 0. The summed E-state index contributed by atoms with van der Waals surface area (Å²) in [7, 11) is 0.